The van der Waals surface area contributed by atoms with Gasteiger partial charge in [0, 0.05) is 0 Å². The lowest BCUT2D eigenvalue weighted by atomic mass is 9.90. The van der Waals surface area contributed by atoms with Gasteiger partial charge in [-0.25, -0.2) is 0 Å². The monoisotopic (exact) mass is 288 g/mol. The van der Waals surface area contributed by atoms with Crippen LogP contribution < -0.4 is 0 Å². The van der Waals surface area contributed by atoms with E-state index in [9.17, 15) is 5.11 Å². The molecule has 0 aromatic heterocycles. The molecule has 4 nitrogen and oxygen atoms in total. The van der Waals surface area contributed by atoms with Crippen LogP contribution in [0.4, 0.5) is 0 Å². The highest BCUT2D eigenvalue weighted by Gasteiger charge is 2.39. The van der Waals surface area contributed by atoms with Crippen LogP contribution in [-0.4, -0.2) is 48.3 Å². The molecule has 1 unspecified atom stereocenters. The van der Waals surface area contributed by atoms with Gasteiger partial charge in [-0.2, -0.15) is 0 Å². The first-order valence-electron chi connectivity index (χ1n) is 8.25. The van der Waals surface area contributed by atoms with Gasteiger partial charge in [0.2, 0.25) is 0 Å². The molecule has 1 fully saturated rings. The Labute approximate surface area is 123 Å². The summed E-state index contributed by atoms with van der Waals surface area (Å²) >= 11 is 0. The highest BCUT2D eigenvalue weighted by atomic mass is 16.5. The Morgan fingerprint density at radius 3 is 2.45 bits per heavy atom. The number of aliphatic hydroxyl groups is 2. The normalized spacial score (nSPS) is 19.4. The minimum atomic E-state index is -0.622. The van der Waals surface area contributed by atoms with Crippen LogP contribution in [0.5, 0.6) is 0 Å². The summed E-state index contributed by atoms with van der Waals surface area (Å²) in [5, 5.41) is 19.4. The molecule has 0 bridgehead atoms. The summed E-state index contributed by atoms with van der Waals surface area (Å²) in [4.78, 5) is 0. The minimum absolute atomic E-state index is 0.0460. The van der Waals surface area contributed by atoms with E-state index in [1.807, 2.05) is 0 Å². The van der Waals surface area contributed by atoms with Crippen molar-refractivity contribution < 1.29 is 19.7 Å². The third-order valence-electron chi connectivity index (χ3n) is 4.17. The van der Waals surface area contributed by atoms with Gasteiger partial charge in [-0.15, -0.1) is 0 Å². The zero-order valence-electron chi connectivity index (χ0n) is 13.0. The van der Waals surface area contributed by atoms with E-state index in [-0.39, 0.29) is 12.7 Å². The zero-order valence-corrected chi connectivity index (χ0v) is 13.0. The van der Waals surface area contributed by atoms with E-state index in [0.29, 0.717) is 19.8 Å². The average Bonchev–Trinajstić information content (AvgIpc) is 2.89. The van der Waals surface area contributed by atoms with Crippen molar-refractivity contribution in [2.24, 2.45) is 0 Å². The molecule has 0 saturated heterocycles. The molecule has 0 aliphatic heterocycles. The van der Waals surface area contributed by atoms with Gasteiger partial charge in [0.1, 0.15) is 0 Å². The largest absolute Gasteiger partial charge is 0.394 e. The summed E-state index contributed by atoms with van der Waals surface area (Å²) in [6, 6.07) is 0. The van der Waals surface area contributed by atoms with Gasteiger partial charge in [0.05, 0.1) is 38.1 Å². The molecule has 0 radical (unpaired) electrons. The Hall–Kier alpha value is -0.160. The molecule has 0 aromatic rings. The Balaban J connectivity index is 2.30. The molecule has 0 aromatic carbocycles. The number of hydrogen-bond donors (Lipinski definition) is 2. The van der Waals surface area contributed by atoms with Gasteiger partial charge in [0.15, 0.2) is 0 Å². The molecule has 2 N–H and O–H groups in total. The maximum absolute atomic E-state index is 10.7. The smallest absolute Gasteiger partial charge is 0.0908 e. The van der Waals surface area contributed by atoms with Gasteiger partial charge >= 0.3 is 0 Å². The summed E-state index contributed by atoms with van der Waals surface area (Å²) in [6.45, 7) is 3.60. The minimum Gasteiger partial charge on any atom is -0.394 e. The highest BCUT2D eigenvalue weighted by molar-refractivity contribution is 4.91. The van der Waals surface area contributed by atoms with E-state index < -0.39 is 5.60 Å². The number of rotatable bonds is 12. The molecule has 4 heteroatoms. The standard InChI is InChI=1S/C16H32O4/c1-2-3-4-5-8-15(16(18)9-6-7-10-16)20-14-13-19-12-11-17/h15,17-18H,2-14H2,1H3. The summed E-state index contributed by atoms with van der Waals surface area (Å²) in [6.07, 6.45) is 9.64. The third kappa shape index (κ3) is 6.53. The average molecular weight is 288 g/mol. The Morgan fingerprint density at radius 1 is 1.05 bits per heavy atom. The van der Waals surface area contributed by atoms with Gasteiger partial charge in [-0.3, -0.25) is 0 Å². The van der Waals surface area contributed by atoms with Gasteiger partial charge < -0.3 is 19.7 Å². The predicted molar refractivity (Wildman–Crippen MR) is 79.8 cm³/mol. The first-order chi connectivity index (χ1) is 9.73. The number of hydrogen-bond acceptors (Lipinski definition) is 4. The zero-order chi connectivity index (χ0) is 14.7. The van der Waals surface area contributed by atoms with Gasteiger partial charge in [-0.1, -0.05) is 45.4 Å². The lowest BCUT2D eigenvalue weighted by molar-refractivity contribution is -0.118. The Bertz CT molecular complexity index is 227. The van der Waals surface area contributed by atoms with Crippen molar-refractivity contribution in [3.05, 3.63) is 0 Å². The van der Waals surface area contributed by atoms with Crippen molar-refractivity contribution in [2.45, 2.75) is 76.4 Å². The summed E-state index contributed by atoms with van der Waals surface area (Å²) < 4.78 is 11.1. The van der Waals surface area contributed by atoms with Crippen molar-refractivity contribution in [3.63, 3.8) is 0 Å². The van der Waals surface area contributed by atoms with E-state index in [2.05, 4.69) is 6.92 Å². The molecule has 0 amide bonds. The molecule has 0 heterocycles. The van der Waals surface area contributed by atoms with E-state index in [1.54, 1.807) is 0 Å². The molecule has 120 valence electrons. The first kappa shape index (κ1) is 17.9. The number of aliphatic hydroxyl groups excluding tert-OH is 1. The van der Waals surface area contributed by atoms with Crippen LogP contribution in [0.2, 0.25) is 0 Å². The van der Waals surface area contributed by atoms with Crippen LogP contribution in [0.15, 0.2) is 0 Å². The summed E-state index contributed by atoms with van der Waals surface area (Å²) in [7, 11) is 0. The highest BCUT2D eigenvalue weighted by Crippen LogP contribution is 2.36. The molecule has 1 aliphatic carbocycles. The van der Waals surface area contributed by atoms with Gasteiger partial charge in [-0.05, 0) is 19.3 Å². The van der Waals surface area contributed by atoms with E-state index in [0.717, 1.165) is 38.5 Å². The van der Waals surface area contributed by atoms with Crippen molar-refractivity contribution in [2.75, 3.05) is 26.4 Å². The molecule has 0 spiro atoms. The molecule has 1 rings (SSSR count). The fraction of sp³-hybridized carbons (Fsp3) is 1.00. The first-order valence-corrected chi connectivity index (χ1v) is 8.25. The molecular weight excluding hydrogens is 256 g/mol. The van der Waals surface area contributed by atoms with Crippen molar-refractivity contribution >= 4 is 0 Å². The Kier molecular flexibility index (Phi) is 9.44. The van der Waals surface area contributed by atoms with E-state index in [4.69, 9.17) is 14.6 Å². The van der Waals surface area contributed by atoms with Crippen molar-refractivity contribution in [1.29, 1.82) is 0 Å². The van der Waals surface area contributed by atoms with Crippen LogP contribution in [0.25, 0.3) is 0 Å². The Morgan fingerprint density at radius 2 is 1.80 bits per heavy atom. The SMILES string of the molecule is CCCCCCC(OCCOCCO)C1(O)CCCC1. The van der Waals surface area contributed by atoms with E-state index >= 15 is 0 Å². The van der Waals surface area contributed by atoms with Crippen molar-refractivity contribution in [3.8, 4) is 0 Å². The maximum Gasteiger partial charge on any atom is 0.0908 e. The number of ether oxygens (including phenoxy) is 2. The maximum atomic E-state index is 10.7. The second-order valence-electron chi connectivity index (χ2n) is 5.86. The van der Waals surface area contributed by atoms with Crippen LogP contribution in [-0.2, 0) is 9.47 Å². The van der Waals surface area contributed by atoms with Crippen LogP contribution >= 0.6 is 0 Å². The second kappa shape index (κ2) is 10.6. The van der Waals surface area contributed by atoms with Gasteiger partial charge in [0.25, 0.3) is 0 Å². The topological polar surface area (TPSA) is 58.9 Å². The predicted octanol–water partition coefficient (Wildman–Crippen LogP) is 2.66. The molecule has 1 saturated carbocycles. The van der Waals surface area contributed by atoms with Crippen LogP contribution in [0, 0.1) is 0 Å². The molecule has 1 aliphatic rings. The lowest BCUT2D eigenvalue weighted by Gasteiger charge is -2.32. The van der Waals surface area contributed by atoms with Crippen molar-refractivity contribution in [1.82, 2.24) is 0 Å². The number of unbranched alkanes of at least 4 members (excludes halogenated alkanes) is 3. The second-order valence-corrected chi connectivity index (χ2v) is 5.86. The van der Waals surface area contributed by atoms with Crippen LogP contribution in [0.1, 0.15) is 64.7 Å². The summed E-state index contributed by atoms with van der Waals surface area (Å²) in [5.74, 6) is 0. The molecule has 20 heavy (non-hydrogen) atoms. The molecular formula is C16H32O4. The molecule has 1 atom stereocenters. The lowest BCUT2D eigenvalue weighted by Crippen LogP contribution is -2.42. The quantitative estimate of drug-likeness (QED) is 0.542. The van der Waals surface area contributed by atoms with E-state index in [1.165, 1.54) is 19.3 Å². The fourth-order valence-electron chi connectivity index (χ4n) is 2.99. The summed E-state index contributed by atoms with van der Waals surface area (Å²) in [5.41, 5.74) is -0.622. The third-order valence-corrected chi connectivity index (χ3v) is 4.17. The fourth-order valence-corrected chi connectivity index (χ4v) is 2.99. The van der Waals surface area contributed by atoms with Crippen LogP contribution in [0.3, 0.4) is 0 Å².